The molecule has 82 valence electrons. The summed E-state index contributed by atoms with van der Waals surface area (Å²) in [5, 5.41) is 4.14. The zero-order valence-corrected chi connectivity index (χ0v) is 9.14. The maximum Gasteiger partial charge on any atom is 0.330 e. The molecule has 1 aromatic heterocycles. The van der Waals surface area contributed by atoms with Crippen molar-refractivity contribution in [2.45, 2.75) is 26.8 Å². The lowest BCUT2D eigenvalue weighted by molar-refractivity contribution is -0.137. The number of aromatic nitrogens is 2. The Morgan fingerprint density at radius 3 is 3.07 bits per heavy atom. The van der Waals surface area contributed by atoms with Gasteiger partial charge in [0.05, 0.1) is 12.8 Å². The third-order valence-electron chi connectivity index (χ3n) is 1.80. The summed E-state index contributed by atoms with van der Waals surface area (Å²) >= 11 is 0. The highest BCUT2D eigenvalue weighted by Gasteiger charge is 1.96. The summed E-state index contributed by atoms with van der Waals surface area (Å²) in [5.74, 6) is -0.319. The zero-order valence-electron chi connectivity index (χ0n) is 9.14. The van der Waals surface area contributed by atoms with Gasteiger partial charge in [0.2, 0.25) is 0 Å². The highest BCUT2D eigenvalue weighted by molar-refractivity contribution is 5.86. The summed E-state index contributed by atoms with van der Waals surface area (Å²) in [6.07, 6.45) is 7.79. The van der Waals surface area contributed by atoms with Gasteiger partial charge in [-0.25, -0.2) is 4.79 Å². The molecule has 0 aliphatic heterocycles. The second-order valence-electron chi connectivity index (χ2n) is 3.12. The Balaban J connectivity index is 2.52. The molecule has 15 heavy (non-hydrogen) atoms. The quantitative estimate of drug-likeness (QED) is 0.548. The molecular weight excluding hydrogens is 192 g/mol. The predicted molar refractivity (Wildman–Crippen MR) is 58.2 cm³/mol. The number of esters is 1. The second-order valence-corrected chi connectivity index (χ2v) is 3.12. The Kier molecular flexibility index (Phi) is 4.60. The molecule has 0 aliphatic rings. The first-order valence-corrected chi connectivity index (χ1v) is 5.13. The summed E-state index contributed by atoms with van der Waals surface area (Å²) in [5.41, 5.74) is 0.913. The van der Waals surface area contributed by atoms with Crippen molar-refractivity contribution in [2.24, 2.45) is 0 Å². The van der Waals surface area contributed by atoms with E-state index in [0.29, 0.717) is 6.61 Å². The van der Waals surface area contributed by atoms with Gasteiger partial charge in [-0.15, -0.1) is 0 Å². The maximum absolute atomic E-state index is 11.0. The van der Waals surface area contributed by atoms with E-state index < -0.39 is 0 Å². The monoisotopic (exact) mass is 208 g/mol. The Morgan fingerprint density at radius 2 is 2.40 bits per heavy atom. The number of hydrogen-bond donors (Lipinski definition) is 0. The van der Waals surface area contributed by atoms with E-state index in [1.807, 2.05) is 10.9 Å². The van der Waals surface area contributed by atoms with Crippen molar-refractivity contribution in [1.29, 1.82) is 0 Å². The van der Waals surface area contributed by atoms with Crippen LogP contribution in [-0.4, -0.2) is 22.4 Å². The molecule has 1 aromatic rings. The largest absolute Gasteiger partial charge is 0.463 e. The van der Waals surface area contributed by atoms with E-state index in [1.54, 1.807) is 19.2 Å². The van der Waals surface area contributed by atoms with Crippen molar-refractivity contribution in [3.8, 4) is 0 Å². The summed E-state index contributed by atoms with van der Waals surface area (Å²) < 4.78 is 6.62. The van der Waals surface area contributed by atoms with Gasteiger partial charge in [-0.2, -0.15) is 5.10 Å². The van der Waals surface area contributed by atoms with Gasteiger partial charge in [0, 0.05) is 24.4 Å². The third-order valence-corrected chi connectivity index (χ3v) is 1.80. The van der Waals surface area contributed by atoms with Crippen LogP contribution in [0.15, 0.2) is 18.5 Å². The number of hydrogen-bond acceptors (Lipinski definition) is 3. The van der Waals surface area contributed by atoms with E-state index in [9.17, 15) is 4.79 Å². The average Bonchev–Trinajstić information content (AvgIpc) is 2.64. The Morgan fingerprint density at radius 1 is 1.60 bits per heavy atom. The maximum atomic E-state index is 11.0. The molecule has 0 aromatic carbocycles. The molecular formula is C11H16N2O2. The molecule has 0 saturated carbocycles. The molecule has 1 rings (SSSR count). The Hall–Kier alpha value is -1.58. The van der Waals surface area contributed by atoms with Crippen LogP contribution in [0.2, 0.25) is 0 Å². The molecule has 0 atom stereocenters. The van der Waals surface area contributed by atoms with Crippen LogP contribution in [0.1, 0.15) is 25.8 Å². The third kappa shape index (κ3) is 3.97. The van der Waals surface area contributed by atoms with Gasteiger partial charge in [-0.1, -0.05) is 6.92 Å². The van der Waals surface area contributed by atoms with E-state index in [0.717, 1.165) is 18.5 Å². The molecule has 0 aliphatic carbocycles. The van der Waals surface area contributed by atoms with Crippen molar-refractivity contribution in [3.63, 3.8) is 0 Å². The number of ether oxygens (including phenoxy) is 1. The van der Waals surface area contributed by atoms with E-state index >= 15 is 0 Å². The normalized spacial score (nSPS) is 10.8. The fourth-order valence-corrected chi connectivity index (χ4v) is 1.17. The van der Waals surface area contributed by atoms with Crippen LogP contribution < -0.4 is 0 Å². The zero-order chi connectivity index (χ0) is 11.1. The molecule has 1 heterocycles. The first-order chi connectivity index (χ1) is 7.26. The van der Waals surface area contributed by atoms with E-state index in [4.69, 9.17) is 4.74 Å². The SMILES string of the molecule is CCCn1cc(/C=C/C(=O)OCC)cn1. The molecule has 0 saturated heterocycles. The van der Waals surface area contributed by atoms with Crippen molar-refractivity contribution >= 4 is 12.0 Å². The van der Waals surface area contributed by atoms with Gasteiger partial charge in [-0.3, -0.25) is 4.68 Å². The molecule has 4 nitrogen and oxygen atoms in total. The minimum Gasteiger partial charge on any atom is -0.463 e. The first-order valence-electron chi connectivity index (χ1n) is 5.13. The van der Waals surface area contributed by atoms with Gasteiger partial charge in [0.1, 0.15) is 0 Å². The highest BCUT2D eigenvalue weighted by atomic mass is 16.5. The number of aryl methyl sites for hydroxylation is 1. The molecule has 4 heteroatoms. The molecule has 0 fully saturated rings. The topological polar surface area (TPSA) is 44.1 Å². The van der Waals surface area contributed by atoms with Gasteiger partial charge < -0.3 is 4.74 Å². The molecule has 0 spiro atoms. The molecule has 0 radical (unpaired) electrons. The van der Waals surface area contributed by atoms with Crippen molar-refractivity contribution < 1.29 is 9.53 Å². The van der Waals surface area contributed by atoms with Crippen LogP contribution in [0.25, 0.3) is 6.08 Å². The van der Waals surface area contributed by atoms with E-state index in [1.165, 1.54) is 6.08 Å². The Bertz CT molecular complexity index is 342. The number of carbonyl (C=O) groups is 1. The molecule has 0 amide bonds. The lowest BCUT2D eigenvalue weighted by Gasteiger charge is -1.94. The summed E-state index contributed by atoms with van der Waals surface area (Å²) in [4.78, 5) is 11.0. The smallest absolute Gasteiger partial charge is 0.330 e. The van der Waals surface area contributed by atoms with Crippen LogP contribution in [0.4, 0.5) is 0 Å². The highest BCUT2D eigenvalue weighted by Crippen LogP contribution is 2.01. The van der Waals surface area contributed by atoms with Gasteiger partial charge in [0.25, 0.3) is 0 Å². The molecule has 0 unspecified atom stereocenters. The van der Waals surface area contributed by atoms with Crippen LogP contribution in [0.5, 0.6) is 0 Å². The number of rotatable bonds is 5. The fraction of sp³-hybridized carbons (Fsp3) is 0.455. The van der Waals surface area contributed by atoms with Crippen LogP contribution >= 0.6 is 0 Å². The number of nitrogens with zero attached hydrogens (tertiary/aromatic N) is 2. The lowest BCUT2D eigenvalue weighted by atomic mass is 10.3. The van der Waals surface area contributed by atoms with Crippen LogP contribution in [0.3, 0.4) is 0 Å². The minimum absolute atomic E-state index is 0.319. The summed E-state index contributed by atoms with van der Waals surface area (Å²) in [7, 11) is 0. The standard InChI is InChI=1S/C11H16N2O2/c1-3-7-13-9-10(8-12-13)5-6-11(14)15-4-2/h5-6,8-9H,3-4,7H2,1-2H3/b6-5+. The van der Waals surface area contributed by atoms with Crippen LogP contribution in [0, 0.1) is 0 Å². The predicted octanol–water partition coefficient (Wildman–Crippen LogP) is 1.87. The average molecular weight is 208 g/mol. The van der Waals surface area contributed by atoms with Crippen molar-refractivity contribution in [2.75, 3.05) is 6.61 Å². The van der Waals surface area contributed by atoms with E-state index in [-0.39, 0.29) is 5.97 Å². The summed E-state index contributed by atoms with van der Waals surface area (Å²) in [6, 6.07) is 0. The first kappa shape index (κ1) is 11.5. The fourth-order valence-electron chi connectivity index (χ4n) is 1.17. The number of carbonyl (C=O) groups excluding carboxylic acids is 1. The second kappa shape index (κ2) is 6.01. The Labute approximate surface area is 89.5 Å². The van der Waals surface area contributed by atoms with Gasteiger partial charge >= 0.3 is 5.97 Å². The van der Waals surface area contributed by atoms with Gasteiger partial charge in [0.15, 0.2) is 0 Å². The van der Waals surface area contributed by atoms with Crippen molar-refractivity contribution in [1.82, 2.24) is 9.78 Å². The minimum atomic E-state index is -0.319. The van der Waals surface area contributed by atoms with E-state index in [2.05, 4.69) is 12.0 Å². The molecule has 0 bridgehead atoms. The lowest BCUT2D eigenvalue weighted by Crippen LogP contribution is -1.98. The van der Waals surface area contributed by atoms with Gasteiger partial charge in [-0.05, 0) is 19.4 Å². The molecule has 0 N–H and O–H groups in total. The summed E-state index contributed by atoms with van der Waals surface area (Å²) in [6.45, 7) is 5.17. The van der Waals surface area contributed by atoms with Crippen LogP contribution in [-0.2, 0) is 16.1 Å². The van der Waals surface area contributed by atoms with Crippen molar-refractivity contribution in [3.05, 3.63) is 24.0 Å².